The van der Waals surface area contributed by atoms with Gasteiger partial charge in [0.05, 0.1) is 12.6 Å². The van der Waals surface area contributed by atoms with Crippen molar-refractivity contribution in [3.63, 3.8) is 0 Å². The summed E-state index contributed by atoms with van der Waals surface area (Å²) in [4.78, 5) is 3.97. The summed E-state index contributed by atoms with van der Waals surface area (Å²) in [6, 6.07) is 4.11. The minimum atomic E-state index is 0.172. The minimum Gasteiger partial charge on any atom is -0.383 e. The van der Waals surface area contributed by atoms with Crippen LogP contribution < -0.4 is 10.6 Å². The van der Waals surface area contributed by atoms with Gasteiger partial charge < -0.3 is 15.4 Å². The maximum Gasteiger partial charge on any atom is 0.166 e. The third-order valence-corrected chi connectivity index (χ3v) is 2.41. The van der Waals surface area contributed by atoms with Crippen molar-refractivity contribution in [3.8, 4) is 0 Å². The fourth-order valence-corrected chi connectivity index (χ4v) is 1.53. The molecule has 1 unspecified atom stereocenters. The highest BCUT2D eigenvalue weighted by Gasteiger charge is 2.05. The van der Waals surface area contributed by atoms with E-state index in [4.69, 9.17) is 17.0 Å². The van der Waals surface area contributed by atoms with Crippen LogP contribution in [0.4, 0.5) is 0 Å². The number of ether oxygens (including phenoxy) is 1. The van der Waals surface area contributed by atoms with Gasteiger partial charge in [-0.1, -0.05) is 0 Å². The molecule has 16 heavy (non-hydrogen) atoms. The molecule has 0 aliphatic carbocycles. The summed E-state index contributed by atoms with van der Waals surface area (Å²) in [5, 5.41) is 6.90. The van der Waals surface area contributed by atoms with Gasteiger partial charge in [0.25, 0.3) is 0 Å². The molecule has 0 bridgehead atoms. The Kier molecular flexibility index (Phi) is 5.74. The third-order valence-electron chi connectivity index (χ3n) is 2.15. The van der Waals surface area contributed by atoms with E-state index in [1.165, 1.54) is 0 Å². The fourth-order valence-electron chi connectivity index (χ4n) is 1.25. The normalized spacial score (nSPS) is 11.9. The molecule has 4 nitrogen and oxygen atoms in total. The Morgan fingerprint density at radius 1 is 1.50 bits per heavy atom. The molecule has 1 aromatic rings. The Labute approximate surface area is 101 Å². The van der Waals surface area contributed by atoms with Gasteiger partial charge in [-0.25, -0.2) is 0 Å². The molecule has 1 heterocycles. The summed E-state index contributed by atoms with van der Waals surface area (Å²) in [6.07, 6.45) is 3.55. The molecule has 0 saturated carbocycles. The maximum atomic E-state index is 5.15. The second kappa shape index (κ2) is 7.14. The van der Waals surface area contributed by atoms with Crippen molar-refractivity contribution in [3.05, 3.63) is 30.1 Å². The second-order valence-electron chi connectivity index (χ2n) is 3.40. The van der Waals surface area contributed by atoms with E-state index in [-0.39, 0.29) is 6.04 Å². The molecule has 0 spiro atoms. The maximum absolute atomic E-state index is 5.15. The van der Waals surface area contributed by atoms with Crippen LogP contribution in [0.25, 0.3) is 0 Å². The van der Waals surface area contributed by atoms with Crippen molar-refractivity contribution < 1.29 is 4.74 Å². The largest absolute Gasteiger partial charge is 0.383 e. The van der Waals surface area contributed by atoms with Crippen LogP contribution in [0.3, 0.4) is 0 Å². The second-order valence-corrected chi connectivity index (χ2v) is 3.80. The summed E-state index contributed by atoms with van der Waals surface area (Å²) < 4.78 is 4.92. The molecular weight excluding hydrogens is 222 g/mol. The minimum absolute atomic E-state index is 0.172. The summed E-state index contributed by atoms with van der Waals surface area (Å²) in [6.45, 7) is 3.41. The van der Waals surface area contributed by atoms with Crippen molar-refractivity contribution in [2.75, 3.05) is 20.3 Å². The quantitative estimate of drug-likeness (QED) is 0.598. The number of rotatable bonds is 5. The molecule has 0 radical (unpaired) electrons. The predicted octanol–water partition coefficient (Wildman–Crippen LogP) is 1.25. The summed E-state index contributed by atoms with van der Waals surface area (Å²) in [5.41, 5.74) is 1.16. The Bertz CT molecular complexity index is 318. The van der Waals surface area contributed by atoms with Gasteiger partial charge in [0.2, 0.25) is 0 Å². The lowest BCUT2D eigenvalue weighted by Crippen LogP contribution is -2.38. The Balaban J connectivity index is 2.34. The molecule has 1 atom stereocenters. The lowest BCUT2D eigenvalue weighted by molar-refractivity contribution is 0.204. The first-order valence-electron chi connectivity index (χ1n) is 5.17. The molecule has 0 aliphatic heterocycles. The number of methoxy groups -OCH3 is 1. The smallest absolute Gasteiger partial charge is 0.166 e. The van der Waals surface area contributed by atoms with Crippen molar-refractivity contribution >= 4 is 17.3 Å². The summed E-state index contributed by atoms with van der Waals surface area (Å²) in [7, 11) is 1.66. The van der Waals surface area contributed by atoms with E-state index in [0.717, 1.165) is 5.56 Å². The van der Waals surface area contributed by atoms with Gasteiger partial charge in [-0.3, -0.25) is 4.98 Å². The average Bonchev–Trinajstić information content (AvgIpc) is 2.30. The summed E-state index contributed by atoms with van der Waals surface area (Å²) >= 11 is 5.15. The number of hydrogen-bond donors (Lipinski definition) is 2. The van der Waals surface area contributed by atoms with E-state index in [9.17, 15) is 0 Å². The number of nitrogens with zero attached hydrogens (tertiary/aromatic N) is 1. The predicted molar refractivity (Wildman–Crippen MR) is 68.3 cm³/mol. The van der Waals surface area contributed by atoms with Gasteiger partial charge in [0.15, 0.2) is 5.11 Å². The zero-order chi connectivity index (χ0) is 11.8. The SMILES string of the molecule is COCCNC(=S)NC(C)c1ccncc1. The molecule has 0 saturated heterocycles. The molecular formula is C11H17N3OS. The first kappa shape index (κ1) is 12.9. The van der Waals surface area contributed by atoms with Crippen LogP contribution >= 0.6 is 12.2 Å². The van der Waals surface area contributed by atoms with E-state index >= 15 is 0 Å². The van der Waals surface area contributed by atoms with Crippen LogP contribution in [-0.4, -0.2) is 30.4 Å². The molecule has 0 amide bonds. The zero-order valence-corrected chi connectivity index (χ0v) is 10.4. The van der Waals surface area contributed by atoms with E-state index in [1.807, 2.05) is 12.1 Å². The molecule has 1 rings (SSSR count). The number of thiocarbonyl (C=S) groups is 1. The lowest BCUT2D eigenvalue weighted by Gasteiger charge is -2.16. The topological polar surface area (TPSA) is 46.2 Å². The van der Waals surface area contributed by atoms with Crippen molar-refractivity contribution in [1.29, 1.82) is 0 Å². The van der Waals surface area contributed by atoms with Crippen LogP contribution in [-0.2, 0) is 4.74 Å². The monoisotopic (exact) mass is 239 g/mol. The highest BCUT2D eigenvalue weighted by atomic mass is 32.1. The fraction of sp³-hybridized carbons (Fsp3) is 0.455. The highest BCUT2D eigenvalue weighted by Crippen LogP contribution is 2.09. The molecule has 0 fully saturated rings. The molecule has 5 heteroatoms. The lowest BCUT2D eigenvalue weighted by atomic mass is 10.1. The Morgan fingerprint density at radius 3 is 2.81 bits per heavy atom. The Morgan fingerprint density at radius 2 is 2.19 bits per heavy atom. The van der Waals surface area contributed by atoms with Crippen molar-refractivity contribution in [2.24, 2.45) is 0 Å². The van der Waals surface area contributed by atoms with Crippen molar-refractivity contribution in [2.45, 2.75) is 13.0 Å². The van der Waals surface area contributed by atoms with E-state index in [2.05, 4.69) is 22.5 Å². The van der Waals surface area contributed by atoms with Gasteiger partial charge in [-0.2, -0.15) is 0 Å². The standard InChI is InChI=1S/C11H17N3OS/c1-9(10-3-5-12-6-4-10)14-11(16)13-7-8-15-2/h3-6,9H,7-8H2,1-2H3,(H2,13,14,16). The number of aromatic nitrogens is 1. The third kappa shape index (κ3) is 4.55. The van der Waals surface area contributed by atoms with Gasteiger partial charge in [0.1, 0.15) is 0 Å². The number of nitrogens with one attached hydrogen (secondary N) is 2. The van der Waals surface area contributed by atoms with E-state index in [0.29, 0.717) is 18.3 Å². The summed E-state index contributed by atoms with van der Waals surface area (Å²) in [5.74, 6) is 0. The average molecular weight is 239 g/mol. The Hall–Kier alpha value is -1.20. The number of hydrogen-bond acceptors (Lipinski definition) is 3. The molecule has 0 aromatic carbocycles. The van der Waals surface area contributed by atoms with Gasteiger partial charge in [-0.05, 0) is 36.8 Å². The zero-order valence-electron chi connectivity index (χ0n) is 9.56. The molecule has 1 aromatic heterocycles. The van der Waals surface area contributed by atoms with Gasteiger partial charge in [0, 0.05) is 26.0 Å². The van der Waals surface area contributed by atoms with Crippen molar-refractivity contribution in [1.82, 2.24) is 15.6 Å². The van der Waals surface area contributed by atoms with Crippen LogP contribution in [0.2, 0.25) is 0 Å². The van der Waals surface area contributed by atoms with E-state index < -0.39 is 0 Å². The van der Waals surface area contributed by atoms with Crippen LogP contribution in [0.1, 0.15) is 18.5 Å². The van der Waals surface area contributed by atoms with Crippen LogP contribution in [0, 0.1) is 0 Å². The van der Waals surface area contributed by atoms with E-state index in [1.54, 1.807) is 19.5 Å². The van der Waals surface area contributed by atoms with Crippen LogP contribution in [0.5, 0.6) is 0 Å². The highest BCUT2D eigenvalue weighted by molar-refractivity contribution is 7.80. The first-order valence-corrected chi connectivity index (χ1v) is 5.58. The molecule has 88 valence electrons. The molecule has 0 aliphatic rings. The number of pyridine rings is 1. The van der Waals surface area contributed by atoms with Gasteiger partial charge >= 0.3 is 0 Å². The van der Waals surface area contributed by atoms with Gasteiger partial charge in [-0.15, -0.1) is 0 Å². The molecule has 2 N–H and O–H groups in total. The van der Waals surface area contributed by atoms with Crippen LogP contribution in [0.15, 0.2) is 24.5 Å². The first-order chi connectivity index (χ1) is 7.74.